The van der Waals surface area contributed by atoms with Gasteiger partial charge in [-0.15, -0.1) is 0 Å². The first-order valence-corrected chi connectivity index (χ1v) is 5.83. The van der Waals surface area contributed by atoms with E-state index >= 15 is 0 Å². The van der Waals surface area contributed by atoms with Gasteiger partial charge < -0.3 is 15.8 Å². The van der Waals surface area contributed by atoms with Crippen LogP contribution in [0.25, 0.3) is 0 Å². The quantitative estimate of drug-likeness (QED) is 0.802. The molecule has 0 radical (unpaired) electrons. The van der Waals surface area contributed by atoms with Gasteiger partial charge in [0.1, 0.15) is 5.69 Å². The summed E-state index contributed by atoms with van der Waals surface area (Å²) in [6, 6.07) is 3.92. The molecule has 2 rings (SSSR count). The number of ether oxygens (including phenoxy) is 1. The van der Waals surface area contributed by atoms with Crippen molar-refractivity contribution in [2.75, 3.05) is 11.9 Å². The number of amides is 1. The highest BCUT2D eigenvalue weighted by Gasteiger charge is 2.29. The number of hydrogen-bond acceptors (Lipinski definition) is 4. The number of hydrogen-bond donors (Lipinski definition) is 2. The van der Waals surface area contributed by atoms with Gasteiger partial charge in [0.15, 0.2) is 0 Å². The molecule has 5 nitrogen and oxygen atoms in total. The number of nitrogens with one attached hydrogen (secondary N) is 1. The van der Waals surface area contributed by atoms with Crippen LogP contribution in [-0.4, -0.2) is 29.6 Å². The molecule has 92 valence electrons. The SMILES string of the molecule is CCOC1CC(Nc2ccnc(C(N)=O)c2)C1. The topological polar surface area (TPSA) is 77.2 Å². The summed E-state index contributed by atoms with van der Waals surface area (Å²) in [7, 11) is 0. The summed E-state index contributed by atoms with van der Waals surface area (Å²) in [5, 5.41) is 3.33. The maximum absolute atomic E-state index is 11.0. The van der Waals surface area contributed by atoms with Gasteiger partial charge in [-0.1, -0.05) is 0 Å². The van der Waals surface area contributed by atoms with Gasteiger partial charge in [0, 0.05) is 24.5 Å². The fraction of sp³-hybridized carbons (Fsp3) is 0.500. The number of nitrogens with zero attached hydrogens (tertiary/aromatic N) is 1. The summed E-state index contributed by atoms with van der Waals surface area (Å²) in [6.45, 7) is 2.77. The predicted molar refractivity (Wildman–Crippen MR) is 64.8 cm³/mol. The molecule has 1 saturated carbocycles. The molecule has 0 aromatic carbocycles. The number of pyridine rings is 1. The van der Waals surface area contributed by atoms with Crippen LogP contribution >= 0.6 is 0 Å². The van der Waals surface area contributed by atoms with Crippen LogP contribution in [0.3, 0.4) is 0 Å². The molecule has 5 heteroatoms. The van der Waals surface area contributed by atoms with Crippen LogP contribution in [0.15, 0.2) is 18.3 Å². The fourth-order valence-electron chi connectivity index (χ4n) is 1.95. The number of nitrogens with two attached hydrogens (primary N) is 1. The molecular formula is C12H17N3O2. The minimum atomic E-state index is -0.505. The molecule has 0 spiro atoms. The Hall–Kier alpha value is -1.62. The summed E-state index contributed by atoms with van der Waals surface area (Å²) in [5.41, 5.74) is 6.34. The molecule has 1 amide bonds. The van der Waals surface area contributed by atoms with Gasteiger partial charge in [-0.05, 0) is 31.9 Å². The smallest absolute Gasteiger partial charge is 0.267 e. The molecule has 3 N–H and O–H groups in total. The number of carbonyl (C=O) groups excluding carboxylic acids is 1. The average molecular weight is 235 g/mol. The van der Waals surface area contributed by atoms with E-state index in [2.05, 4.69) is 10.3 Å². The Balaban J connectivity index is 1.88. The monoisotopic (exact) mass is 235 g/mol. The molecule has 1 heterocycles. The Kier molecular flexibility index (Phi) is 3.58. The second-order valence-electron chi connectivity index (χ2n) is 4.18. The molecule has 0 atom stereocenters. The Labute approximate surface area is 100 Å². The number of anilines is 1. The highest BCUT2D eigenvalue weighted by molar-refractivity contribution is 5.91. The van der Waals surface area contributed by atoms with Crippen molar-refractivity contribution in [1.29, 1.82) is 0 Å². The van der Waals surface area contributed by atoms with Crippen LogP contribution in [0.4, 0.5) is 5.69 Å². The van der Waals surface area contributed by atoms with Gasteiger partial charge in [0.2, 0.25) is 0 Å². The molecule has 1 aromatic heterocycles. The lowest BCUT2D eigenvalue weighted by Crippen LogP contribution is -2.40. The standard InChI is InChI=1S/C12H17N3O2/c1-2-17-10-5-9(6-10)15-8-3-4-14-11(7-8)12(13)16/h3-4,7,9-10H,2,5-6H2,1H3,(H2,13,16)(H,14,15). The zero-order chi connectivity index (χ0) is 12.3. The van der Waals surface area contributed by atoms with Gasteiger partial charge in [-0.3, -0.25) is 9.78 Å². The summed E-state index contributed by atoms with van der Waals surface area (Å²) >= 11 is 0. The van der Waals surface area contributed by atoms with Crippen LogP contribution in [0, 0.1) is 0 Å². The first-order valence-electron chi connectivity index (χ1n) is 5.83. The van der Waals surface area contributed by atoms with Crippen LogP contribution in [0.5, 0.6) is 0 Å². The van der Waals surface area contributed by atoms with E-state index in [4.69, 9.17) is 10.5 Å². The number of primary amides is 1. The lowest BCUT2D eigenvalue weighted by atomic mass is 9.89. The summed E-state index contributed by atoms with van der Waals surface area (Å²) in [4.78, 5) is 14.9. The Morgan fingerprint density at radius 2 is 2.41 bits per heavy atom. The second-order valence-corrected chi connectivity index (χ2v) is 4.18. The molecule has 1 aromatic rings. The van der Waals surface area contributed by atoms with Crippen molar-refractivity contribution in [3.05, 3.63) is 24.0 Å². The van der Waals surface area contributed by atoms with Crippen molar-refractivity contribution in [3.63, 3.8) is 0 Å². The van der Waals surface area contributed by atoms with E-state index in [1.807, 2.05) is 13.0 Å². The highest BCUT2D eigenvalue weighted by Crippen LogP contribution is 2.26. The molecular weight excluding hydrogens is 218 g/mol. The van der Waals surface area contributed by atoms with Crippen LogP contribution < -0.4 is 11.1 Å². The number of rotatable bonds is 5. The van der Waals surface area contributed by atoms with Gasteiger partial charge in [0.25, 0.3) is 5.91 Å². The van der Waals surface area contributed by atoms with Gasteiger partial charge in [-0.2, -0.15) is 0 Å². The lowest BCUT2D eigenvalue weighted by Gasteiger charge is -2.36. The predicted octanol–water partition coefficient (Wildman–Crippen LogP) is 1.16. The normalized spacial score (nSPS) is 22.9. The van der Waals surface area contributed by atoms with E-state index in [1.165, 1.54) is 0 Å². The van der Waals surface area contributed by atoms with Crippen molar-refractivity contribution in [2.24, 2.45) is 5.73 Å². The van der Waals surface area contributed by atoms with Crippen molar-refractivity contribution < 1.29 is 9.53 Å². The first-order chi connectivity index (χ1) is 8.19. The number of aromatic nitrogens is 1. The van der Waals surface area contributed by atoms with Crippen LogP contribution in [0.1, 0.15) is 30.3 Å². The van der Waals surface area contributed by atoms with Crippen molar-refractivity contribution in [3.8, 4) is 0 Å². The summed E-state index contributed by atoms with van der Waals surface area (Å²) in [6.07, 6.45) is 3.96. The van der Waals surface area contributed by atoms with E-state index < -0.39 is 5.91 Å². The summed E-state index contributed by atoms with van der Waals surface area (Å²) < 4.78 is 5.48. The fourth-order valence-corrected chi connectivity index (χ4v) is 1.95. The van der Waals surface area contributed by atoms with Crippen LogP contribution in [-0.2, 0) is 4.74 Å². The third kappa shape index (κ3) is 2.94. The van der Waals surface area contributed by atoms with Crippen molar-refractivity contribution in [1.82, 2.24) is 4.98 Å². The van der Waals surface area contributed by atoms with Crippen LogP contribution in [0.2, 0.25) is 0 Å². The van der Waals surface area contributed by atoms with Gasteiger partial charge in [0.05, 0.1) is 6.10 Å². The summed E-state index contributed by atoms with van der Waals surface area (Å²) in [5.74, 6) is -0.505. The molecule has 0 unspecified atom stereocenters. The second kappa shape index (κ2) is 5.14. The van der Waals surface area contributed by atoms with E-state index in [-0.39, 0.29) is 5.69 Å². The van der Waals surface area contributed by atoms with E-state index in [9.17, 15) is 4.79 Å². The van der Waals surface area contributed by atoms with Gasteiger partial charge >= 0.3 is 0 Å². The average Bonchev–Trinajstić information content (AvgIpc) is 2.27. The third-order valence-corrected chi connectivity index (χ3v) is 2.88. The third-order valence-electron chi connectivity index (χ3n) is 2.88. The minimum Gasteiger partial charge on any atom is -0.382 e. The Morgan fingerprint density at radius 3 is 3.06 bits per heavy atom. The first kappa shape index (κ1) is 11.9. The molecule has 0 aliphatic heterocycles. The molecule has 1 aliphatic carbocycles. The zero-order valence-corrected chi connectivity index (χ0v) is 9.85. The van der Waals surface area contributed by atoms with E-state index in [1.54, 1.807) is 12.3 Å². The zero-order valence-electron chi connectivity index (χ0n) is 9.85. The Morgan fingerprint density at radius 1 is 1.65 bits per heavy atom. The molecule has 0 saturated heterocycles. The molecule has 0 bridgehead atoms. The maximum Gasteiger partial charge on any atom is 0.267 e. The lowest BCUT2D eigenvalue weighted by molar-refractivity contribution is 0.00299. The Bertz CT molecular complexity index is 402. The van der Waals surface area contributed by atoms with E-state index in [0.29, 0.717) is 12.1 Å². The van der Waals surface area contributed by atoms with E-state index in [0.717, 1.165) is 25.1 Å². The molecule has 1 fully saturated rings. The molecule has 1 aliphatic rings. The van der Waals surface area contributed by atoms with Crippen molar-refractivity contribution in [2.45, 2.75) is 31.9 Å². The molecule has 17 heavy (non-hydrogen) atoms. The van der Waals surface area contributed by atoms with Gasteiger partial charge in [-0.25, -0.2) is 0 Å². The largest absolute Gasteiger partial charge is 0.382 e. The number of carbonyl (C=O) groups is 1. The minimum absolute atomic E-state index is 0.288. The van der Waals surface area contributed by atoms with Crippen molar-refractivity contribution >= 4 is 11.6 Å². The maximum atomic E-state index is 11.0. The highest BCUT2D eigenvalue weighted by atomic mass is 16.5.